The van der Waals surface area contributed by atoms with Crippen LogP contribution in [0.3, 0.4) is 0 Å². The van der Waals surface area contributed by atoms with Crippen LogP contribution in [0.25, 0.3) is 0 Å². The highest BCUT2D eigenvalue weighted by molar-refractivity contribution is 5.24. The summed E-state index contributed by atoms with van der Waals surface area (Å²) in [6, 6.07) is 0. The zero-order valence-electron chi connectivity index (χ0n) is 20.6. The van der Waals surface area contributed by atoms with E-state index in [0.29, 0.717) is 23.9 Å². The van der Waals surface area contributed by atoms with Crippen molar-refractivity contribution in [1.29, 1.82) is 0 Å². The summed E-state index contributed by atoms with van der Waals surface area (Å²) >= 11 is 0. The topological polar surface area (TPSA) is 53.0 Å². The van der Waals surface area contributed by atoms with E-state index in [0.717, 1.165) is 49.9 Å². The van der Waals surface area contributed by atoms with Crippen molar-refractivity contribution in [2.75, 3.05) is 0 Å². The van der Waals surface area contributed by atoms with Crippen LogP contribution < -0.4 is 0 Å². The van der Waals surface area contributed by atoms with Gasteiger partial charge in [0.25, 0.3) is 0 Å². The number of hydrogen-bond donors (Lipinski definition) is 2. The van der Waals surface area contributed by atoms with E-state index in [4.69, 9.17) is 11.3 Å². The predicted octanol–water partition coefficient (Wildman–Crippen LogP) is 6.17. The zero-order valence-corrected chi connectivity index (χ0v) is 20.6. The van der Waals surface area contributed by atoms with Crippen LogP contribution in [-0.2, 0) is 4.74 Å². The monoisotopic (exact) mass is 442 g/mol. The number of aliphatic hydroxyl groups is 2. The quantitative estimate of drug-likeness (QED) is 0.406. The Morgan fingerprint density at radius 1 is 1.00 bits per heavy atom. The number of fused-ring (bicyclic) bond motifs is 2. The van der Waals surface area contributed by atoms with Crippen LogP contribution in [0.15, 0.2) is 12.2 Å². The zero-order chi connectivity index (χ0) is 22.4. The van der Waals surface area contributed by atoms with Crippen LogP contribution in [0, 0.1) is 34.5 Å². The molecule has 10 unspecified atom stereocenters. The summed E-state index contributed by atoms with van der Waals surface area (Å²) in [4.78, 5) is 0. The van der Waals surface area contributed by atoms with E-state index in [1.54, 1.807) is 5.57 Å². The molecule has 1 spiro atoms. The lowest BCUT2D eigenvalue weighted by molar-refractivity contribution is -0.0930. The minimum absolute atomic E-state index is 0.0915. The molecule has 6 rings (SSSR count). The second kappa shape index (κ2) is 7.31. The Bertz CT molecular complexity index is 778. The van der Waals surface area contributed by atoms with Gasteiger partial charge in [-0.3, -0.25) is 0 Å². The lowest BCUT2D eigenvalue weighted by Gasteiger charge is -2.61. The fourth-order valence-electron chi connectivity index (χ4n) is 10.1. The molecule has 0 aromatic rings. The molecule has 3 heteroatoms. The van der Waals surface area contributed by atoms with E-state index in [2.05, 4.69) is 13.8 Å². The highest BCUT2D eigenvalue weighted by Gasteiger charge is 2.68. The molecule has 10 atom stereocenters. The summed E-state index contributed by atoms with van der Waals surface area (Å²) < 4.78 is 6.65. The number of epoxide rings is 1. The van der Waals surface area contributed by atoms with Crippen LogP contribution in [0.5, 0.6) is 0 Å². The number of allylic oxidation sites excluding steroid dienone is 1. The molecule has 1 saturated heterocycles. The van der Waals surface area contributed by atoms with Gasteiger partial charge in [-0.25, -0.2) is 0 Å². The molecular weight excluding hydrogens is 396 g/mol. The maximum atomic E-state index is 11.1. The molecule has 5 saturated carbocycles. The molecule has 5 aliphatic carbocycles. The predicted molar refractivity (Wildman–Crippen MR) is 127 cm³/mol. The van der Waals surface area contributed by atoms with Crippen LogP contribution in [-0.4, -0.2) is 33.6 Å². The minimum atomic E-state index is -0.633. The van der Waals surface area contributed by atoms with Gasteiger partial charge in [-0.2, -0.15) is 0 Å². The first-order chi connectivity index (χ1) is 15.1. The van der Waals surface area contributed by atoms with Crippen LogP contribution in [0.2, 0.25) is 0 Å². The van der Waals surface area contributed by atoms with Crippen molar-refractivity contribution in [2.24, 2.45) is 34.5 Å². The first-order valence-corrected chi connectivity index (χ1v) is 13.9. The van der Waals surface area contributed by atoms with E-state index < -0.39 is 5.60 Å². The lowest BCUT2D eigenvalue weighted by Crippen LogP contribution is -2.53. The highest BCUT2D eigenvalue weighted by atomic mass is 16.6. The van der Waals surface area contributed by atoms with Gasteiger partial charge >= 0.3 is 0 Å². The average molecular weight is 443 g/mol. The Morgan fingerprint density at radius 2 is 1.81 bits per heavy atom. The van der Waals surface area contributed by atoms with E-state index >= 15 is 0 Å². The van der Waals surface area contributed by atoms with Gasteiger partial charge in [0.15, 0.2) is 0 Å². The van der Waals surface area contributed by atoms with Crippen molar-refractivity contribution in [2.45, 2.75) is 134 Å². The molecule has 6 fully saturated rings. The van der Waals surface area contributed by atoms with E-state index in [1.807, 2.05) is 0 Å². The maximum absolute atomic E-state index is 11.1. The second-order valence-electron chi connectivity index (χ2n) is 14.0. The molecule has 32 heavy (non-hydrogen) atoms. The third kappa shape index (κ3) is 3.47. The average Bonchev–Trinajstić information content (AvgIpc) is 3.20. The largest absolute Gasteiger partial charge is 0.393 e. The molecule has 3 nitrogen and oxygen atoms in total. The Hall–Kier alpha value is -0.380. The summed E-state index contributed by atoms with van der Waals surface area (Å²) in [5.41, 5.74) is 1.85. The van der Waals surface area contributed by atoms with E-state index in [9.17, 15) is 10.2 Å². The summed E-state index contributed by atoms with van der Waals surface area (Å²) in [5, 5.41) is 21.1. The Balaban J connectivity index is 1.17. The third-order valence-electron chi connectivity index (χ3n) is 11.5. The SMILES string of the molecule is C=C1CC2(CCC(CCC3(O)CCCC(O)C3)C2)C2OC2(C)CC2CCCC3(C)CC1C23. The van der Waals surface area contributed by atoms with Crippen molar-refractivity contribution in [3.63, 3.8) is 0 Å². The van der Waals surface area contributed by atoms with Crippen molar-refractivity contribution in [1.82, 2.24) is 0 Å². The fraction of sp³-hybridized carbons (Fsp3) is 0.931. The van der Waals surface area contributed by atoms with Gasteiger partial charge in [0.1, 0.15) is 0 Å². The summed E-state index contributed by atoms with van der Waals surface area (Å²) in [5.74, 6) is 3.13. The second-order valence-corrected chi connectivity index (χ2v) is 14.0. The molecule has 0 aromatic heterocycles. The van der Waals surface area contributed by atoms with Crippen LogP contribution in [0.4, 0.5) is 0 Å². The first-order valence-electron chi connectivity index (χ1n) is 13.9. The smallest absolute Gasteiger partial charge is 0.0930 e. The van der Waals surface area contributed by atoms with Gasteiger partial charge in [0.05, 0.1) is 23.4 Å². The van der Waals surface area contributed by atoms with Gasteiger partial charge in [0.2, 0.25) is 0 Å². The van der Waals surface area contributed by atoms with Crippen molar-refractivity contribution in [3.05, 3.63) is 12.2 Å². The van der Waals surface area contributed by atoms with Gasteiger partial charge in [-0.05, 0) is 113 Å². The molecule has 0 aromatic carbocycles. The van der Waals surface area contributed by atoms with E-state index in [-0.39, 0.29) is 17.1 Å². The van der Waals surface area contributed by atoms with Crippen LogP contribution >= 0.6 is 0 Å². The molecular formula is C29H46O3. The summed E-state index contributed by atoms with van der Waals surface area (Å²) in [6.45, 7) is 9.72. The van der Waals surface area contributed by atoms with E-state index in [1.165, 1.54) is 57.8 Å². The van der Waals surface area contributed by atoms with Crippen molar-refractivity contribution in [3.8, 4) is 0 Å². The lowest BCUT2D eigenvalue weighted by atomic mass is 9.44. The summed E-state index contributed by atoms with van der Waals surface area (Å²) in [6.07, 6.45) is 17.2. The highest BCUT2D eigenvalue weighted by Crippen LogP contribution is 2.70. The van der Waals surface area contributed by atoms with Gasteiger partial charge in [0, 0.05) is 11.8 Å². The van der Waals surface area contributed by atoms with Crippen molar-refractivity contribution < 1.29 is 14.9 Å². The van der Waals surface area contributed by atoms with Gasteiger partial charge < -0.3 is 14.9 Å². The molecule has 1 heterocycles. The van der Waals surface area contributed by atoms with Gasteiger partial charge in [-0.1, -0.05) is 31.9 Å². The Kier molecular flexibility index (Phi) is 5.05. The standard InChI is InChI=1S/C29H46O3/c1-19-14-28(12-8-20(15-28)9-13-29(31)11-5-7-22(30)17-29)25-27(3,32-25)16-21-6-4-10-26(2)18-23(19)24(21)26/h20-25,30-31H,1,4-18H2,2-3H3. The Labute approximate surface area is 195 Å². The molecule has 0 amide bonds. The third-order valence-corrected chi connectivity index (χ3v) is 11.5. The van der Waals surface area contributed by atoms with Gasteiger partial charge in [-0.15, -0.1) is 0 Å². The Morgan fingerprint density at radius 3 is 2.62 bits per heavy atom. The molecule has 0 radical (unpaired) electrons. The number of aliphatic hydroxyl groups excluding tert-OH is 1. The van der Waals surface area contributed by atoms with Crippen molar-refractivity contribution >= 4 is 0 Å². The fourth-order valence-corrected chi connectivity index (χ4v) is 10.1. The normalized spacial score (nSPS) is 57.1. The molecule has 180 valence electrons. The molecule has 1 aliphatic heterocycles. The number of rotatable bonds is 3. The molecule has 2 N–H and O–H groups in total. The number of hydrogen-bond acceptors (Lipinski definition) is 3. The maximum Gasteiger partial charge on any atom is 0.0930 e. The van der Waals surface area contributed by atoms with Crippen LogP contribution in [0.1, 0.15) is 110 Å². The minimum Gasteiger partial charge on any atom is -0.393 e. The summed E-state index contributed by atoms with van der Waals surface area (Å²) in [7, 11) is 0. The number of ether oxygens (including phenoxy) is 1. The molecule has 0 bridgehead atoms. The first kappa shape index (κ1) is 22.1. The molecule has 6 aliphatic rings.